The first-order valence-corrected chi connectivity index (χ1v) is 52.2. The maximum atomic E-state index is 15.5. The number of aliphatic hydroxyl groups is 6. The Bertz CT molecular complexity index is 4150. The fourth-order valence-electron chi connectivity index (χ4n) is 18.5. The highest BCUT2D eigenvalue weighted by Gasteiger charge is 2.72. The molecule has 11 N–H and O–H groups in total. The number of aliphatic hydroxyl groups excluding tert-OH is 5. The Morgan fingerprint density at radius 1 is 0.514 bits per heavy atom. The molecule has 0 radical (unpaired) electrons. The minimum Gasteiger partial charge on any atom is -0.454 e. The zero-order valence-electron chi connectivity index (χ0n) is 94.2. The number of hydrogen-bond acceptors (Lipinski definition) is 24. The number of halogens is 4. The van der Waals surface area contributed by atoms with Gasteiger partial charge in [0.2, 0.25) is 5.91 Å². The van der Waals surface area contributed by atoms with Crippen molar-refractivity contribution in [2.75, 3.05) is 113 Å². The number of anilines is 1. The molecule has 25 nitrogen and oxygen atoms in total. The number of nitrogens with one attached hydrogen (secondary N) is 1. The fraction of sp³-hybridized carbons (Fsp3) is 0.687. The highest BCUT2D eigenvalue weighted by Crippen LogP contribution is 2.65. The Morgan fingerprint density at radius 3 is 1.18 bits per heavy atom. The summed E-state index contributed by atoms with van der Waals surface area (Å²) >= 11 is 12.8. The van der Waals surface area contributed by atoms with Crippen molar-refractivity contribution in [3.63, 3.8) is 0 Å². The van der Waals surface area contributed by atoms with Crippen LogP contribution in [0.3, 0.4) is 0 Å². The summed E-state index contributed by atoms with van der Waals surface area (Å²) in [5.74, 6) is -4.14. The SMILES string of the molecule is C1CCOC1.C1CCOC1.C=C(C)CCC.C=C(C)CCO.CC(C)(C)C[C@H]1N2C(C(=O)O[C@@H](c3ccccc3)[C@H]2c2ccccc2)[C@H](c2cccc(Cl)c2)[C@@]12C(=O)Nc1cc(Cl)c(F)cc12.CC1(C)OC[C@](C)(CCN)O1.CC1(C)OC[C@](C)(CCO)O1.CCC[C@@]1(C)COC(C)(C)O1.CCC[C@@]1(C)COC(C)(C)O1.CCC[C@@]1(C)COC(C)(C)O1.CCC[C@](C)(O)CO.CO.CO.NCc1ccccc1.[2H]CF. The van der Waals surface area contributed by atoms with E-state index in [9.17, 15) is 14.0 Å². The molecule has 5 aromatic rings. The van der Waals surface area contributed by atoms with Crippen molar-refractivity contribution in [3.05, 3.63) is 195 Å². The lowest BCUT2D eigenvalue weighted by atomic mass is 9.62. The van der Waals surface area contributed by atoms with E-state index in [1.165, 1.54) is 61.8 Å². The first kappa shape index (κ1) is 134. The van der Waals surface area contributed by atoms with E-state index >= 15 is 4.39 Å². The minimum atomic E-state index is -1.37. The summed E-state index contributed by atoms with van der Waals surface area (Å²) in [5, 5.41) is 51.9. The average Bonchev–Trinajstić information content (AvgIpc) is 1.50. The van der Waals surface area contributed by atoms with Gasteiger partial charge in [0.25, 0.3) is 0 Å². The van der Waals surface area contributed by atoms with Crippen LogP contribution >= 0.6 is 23.2 Å². The van der Waals surface area contributed by atoms with E-state index in [2.05, 4.69) is 99.5 Å². The second-order valence-corrected chi connectivity index (χ2v) is 43.6. The van der Waals surface area contributed by atoms with Crippen molar-refractivity contribution >= 4 is 40.8 Å². The van der Waals surface area contributed by atoms with Crippen molar-refractivity contribution in [2.24, 2.45) is 16.9 Å². The molecule has 10 aliphatic rings. The number of carbonyl (C=O) groups is 2. The third kappa shape index (κ3) is 48.2. The van der Waals surface area contributed by atoms with E-state index in [0.717, 1.165) is 135 Å². The van der Waals surface area contributed by atoms with Gasteiger partial charge >= 0.3 is 5.97 Å². The summed E-state index contributed by atoms with van der Waals surface area (Å²) in [4.78, 5) is 31.6. The van der Waals surface area contributed by atoms with E-state index < -0.39 is 71.7 Å². The molecule has 0 aliphatic carbocycles. The molecule has 1 spiro atoms. The highest BCUT2D eigenvalue weighted by molar-refractivity contribution is 6.31. The number of rotatable bonds is 22. The van der Waals surface area contributed by atoms with Gasteiger partial charge in [-0.3, -0.25) is 18.9 Å². The predicted octanol–water partition coefficient (Wildman–Crippen LogP) is 23.8. The molecule has 0 saturated carbocycles. The number of fused-ring (bicyclic) bond motifs is 3. The molecule has 29 heteroatoms. The molecule has 0 aromatic heterocycles. The smallest absolute Gasteiger partial charge is 0.324 e. The van der Waals surface area contributed by atoms with Crippen LogP contribution in [-0.4, -0.2) is 229 Å². The molecule has 826 valence electrons. The summed E-state index contributed by atoms with van der Waals surface area (Å²) < 4.78 is 103. The summed E-state index contributed by atoms with van der Waals surface area (Å²) in [7, 11) is 1.00. The molecule has 12 atom stereocenters. The number of hydrogen-bond donors (Lipinski definition) is 9. The summed E-state index contributed by atoms with van der Waals surface area (Å²) in [5.41, 5.74) is 14.6. The number of nitrogens with two attached hydrogens (primary N) is 2. The second-order valence-electron chi connectivity index (χ2n) is 42.8. The maximum absolute atomic E-state index is 15.5. The summed E-state index contributed by atoms with van der Waals surface area (Å²) in [6, 6.07) is 37.9. The van der Waals surface area contributed by atoms with Crippen LogP contribution < -0.4 is 16.8 Å². The number of ether oxygens (including phenoxy) is 13. The quantitative estimate of drug-likeness (QED) is 0.0230. The Hall–Kier alpha value is -5.88. The monoisotopic (exact) mass is 2070 g/mol. The van der Waals surface area contributed by atoms with Gasteiger partial charge in [0.15, 0.2) is 28.9 Å². The van der Waals surface area contributed by atoms with Crippen LogP contribution in [0.25, 0.3) is 0 Å². The topological polar surface area (TPSA) is 343 Å². The van der Waals surface area contributed by atoms with E-state index in [4.69, 9.17) is 128 Å². The molecule has 1 unspecified atom stereocenters. The number of benzene rings is 5. The van der Waals surface area contributed by atoms with Gasteiger partial charge in [-0.1, -0.05) is 225 Å². The molecule has 5 aromatic carbocycles. The molecule has 10 heterocycles. The number of morpholine rings is 1. The zero-order chi connectivity index (χ0) is 111. The van der Waals surface area contributed by atoms with Crippen molar-refractivity contribution in [3.8, 4) is 0 Å². The highest BCUT2D eigenvalue weighted by atomic mass is 35.5. The van der Waals surface area contributed by atoms with Crippen LogP contribution in [0, 0.1) is 11.2 Å². The fourth-order valence-corrected chi connectivity index (χ4v) is 18.8. The van der Waals surface area contributed by atoms with Gasteiger partial charge in [-0.15, -0.1) is 13.2 Å². The van der Waals surface area contributed by atoms with Crippen LogP contribution in [-0.2, 0) is 83.1 Å². The van der Waals surface area contributed by atoms with Gasteiger partial charge in [-0.05, 0) is 266 Å². The van der Waals surface area contributed by atoms with Gasteiger partial charge in [-0.2, -0.15) is 0 Å². The Balaban J connectivity index is 0.000000871. The van der Waals surface area contributed by atoms with Crippen molar-refractivity contribution in [1.82, 2.24) is 4.90 Å². The molecule has 0 bridgehead atoms. The first-order valence-electron chi connectivity index (χ1n) is 52.1. The van der Waals surface area contributed by atoms with Crippen molar-refractivity contribution < 1.29 is 112 Å². The van der Waals surface area contributed by atoms with E-state index in [1.807, 2.05) is 200 Å². The van der Waals surface area contributed by atoms with Gasteiger partial charge in [0, 0.05) is 89.5 Å². The van der Waals surface area contributed by atoms with Gasteiger partial charge in [-0.25, -0.2) is 4.39 Å². The third-order valence-electron chi connectivity index (χ3n) is 24.3. The lowest BCUT2D eigenvalue weighted by Gasteiger charge is -2.47. The van der Waals surface area contributed by atoms with E-state index in [-0.39, 0.29) is 81.5 Å². The molecule has 9 saturated heterocycles. The van der Waals surface area contributed by atoms with Crippen LogP contribution in [0.1, 0.15) is 343 Å². The molecule has 1 amide bonds. The standard InChI is InChI=1S/C37H33Cl2FN2O3.3C9H18O2.C8H17NO2.C8H16O3.C7H9N.C6H14O2.C6H12.C5H10O.2C4H8O.CH3F.2CH4O/c1-36(2,3)20-29-37(25-18-27(40)26(39)19-28(25)41-35(37)44)30(23-15-10-16-24(38)17-23)32-34(43)45-33(22-13-8-5-9-14-22)31(42(29)32)21-11-6-4-7-12-21;3*1-5-6-9(4)7-10-8(2,3)11-9;2*1-7(2)10-6-8(3,11-7)4-5-9;8-6-7-4-2-1-3-5-7;1-3-4-6(2,8)5-7;1-4-5-6(2)3;1-5(2)3-4-6;2*1-2-4-5-3-1;3*1-2/h4-19,29-33H,20H2,1-3H3,(H,41,44);3*5-7H2,1-4H3;4-6,9H2,1-3H3;9H,4-6H2,1-3H3;1-5H,6,8H2;7-8H,3-5H2,1-2H3;2,4-5H2,1,3H3;6H,1,3-4H2,2H3;2*1-4H2;1H3;2*2H,1H3/t29-,30+,31-,32?,33+,37+;3*9-;2*8-;;6-;;;;;;;/m100000.0......./s1/i;;;;;;;;;;;;1D;;. The molecule has 9 fully saturated rings. The number of cyclic esters (lactones) is 1. The maximum Gasteiger partial charge on any atom is 0.324 e. The molecular weight excluding hydrogens is 1880 g/mol. The Kier molecular flexibility index (Phi) is 61.5. The van der Waals surface area contributed by atoms with Crippen molar-refractivity contribution in [2.45, 2.75) is 400 Å². The number of carbonyl (C=O) groups excluding carboxylic acids is 2. The number of nitrogens with zero attached hydrogens (tertiary/aromatic N) is 1. The summed E-state index contributed by atoms with van der Waals surface area (Å²) in [6.07, 6.45) is 17.9. The zero-order valence-corrected chi connectivity index (χ0v) is 94.7. The van der Waals surface area contributed by atoms with E-state index in [0.29, 0.717) is 67.4 Å². The minimum absolute atomic E-state index is 0.0434. The van der Waals surface area contributed by atoms with Crippen LogP contribution in [0.2, 0.25) is 10.0 Å². The van der Waals surface area contributed by atoms with Crippen LogP contribution in [0.15, 0.2) is 152 Å². The Labute approximate surface area is 877 Å². The molecule has 144 heavy (non-hydrogen) atoms. The lowest BCUT2D eigenvalue weighted by molar-refractivity contribution is -0.176. The number of esters is 1. The number of alkyl halides is 1. The largest absolute Gasteiger partial charge is 0.454 e. The molecule has 15 rings (SSSR count). The van der Waals surface area contributed by atoms with Crippen LogP contribution in [0.5, 0.6) is 0 Å². The average molecular weight is 2080 g/mol. The Morgan fingerprint density at radius 2 is 0.896 bits per heavy atom. The summed E-state index contributed by atoms with van der Waals surface area (Å²) in [6.45, 7) is 68.6. The van der Waals surface area contributed by atoms with Gasteiger partial charge in [0.05, 0.1) is 92.8 Å². The van der Waals surface area contributed by atoms with Gasteiger partial charge < -0.3 is 109 Å². The van der Waals surface area contributed by atoms with E-state index in [1.54, 1.807) is 19.1 Å². The number of amides is 1. The lowest BCUT2D eigenvalue weighted by Crippen LogP contribution is -2.54. The first-order chi connectivity index (χ1) is 67.9. The second kappa shape index (κ2) is 66.1. The molecule has 10 aliphatic heterocycles. The molecular formula is C115H192Cl2F2N4O21. The van der Waals surface area contributed by atoms with Crippen LogP contribution in [0.4, 0.5) is 14.5 Å². The number of allylic oxidation sites excluding steroid dienone is 1. The third-order valence-corrected chi connectivity index (χ3v) is 24.9. The normalized spacial score (nSPS) is 26.5. The van der Waals surface area contributed by atoms with Gasteiger partial charge in [0.1, 0.15) is 23.4 Å². The van der Waals surface area contributed by atoms with Crippen molar-refractivity contribution in [1.29, 1.82) is 0 Å². The predicted molar refractivity (Wildman–Crippen MR) is 578 cm³/mol.